The molecule has 1 unspecified atom stereocenters. The fourth-order valence-electron chi connectivity index (χ4n) is 2.52. The molecule has 0 bridgehead atoms. The third kappa shape index (κ3) is 0.909. The molecule has 0 aromatic rings. The number of fused-ring (bicyclic) bond motifs is 1. The summed E-state index contributed by atoms with van der Waals surface area (Å²) in [6.45, 7) is 2.50. The Balaban J connectivity index is 2.25. The van der Waals surface area contributed by atoms with E-state index in [1.165, 1.54) is 0 Å². The van der Waals surface area contributed by atoms with Crippen molar-refractivity contribution in [2.24, 2.45) is 5.41 Å². The maximum Gasteiger partial charge on any atom is 0.207 e. The summed E-state index contributed by atoms with van der Waals surface area (Å²) in [6.07, 6.45) is -3.91. The standard InChI is InChI=1S/C9H16O6/c1-7(2)8(13)6(12)5(4(11)3-10)15-9(7,8)14/h4-6,10-14H,3H2,1-2H3/t4-,5+,6+,8+,9?/m1/s1. The van der Waals surface area contributed by atoms with Crippen molar-refractivity contribution in [3.05, 3.63) is 0 Å². The van der Waals surface area contributed by atoms with Crippen molar-refractivity contribution in [1.82, 2.24) is 0 Å². The maximum absolute atomic E-state index is 10.0. The van der Waals surface area contributed by atoms with Crippen LogP contribution in [0.1, 0.15) is 13.8 Å². The van der Waals surface area contributed by atoms with E-state index < -0.39 is 41.7 Å². The zero-order valence-corrected chi connectivity index (χ0v) is 8.58. The van der Waals surface area contributed by atoms with Gasteiger partial charge in [-0.05, 0) is 0 Å². The summed E-state index contributed by atoms with van der Waals surface area (Å²) in [6, 6.07) is 0. The van der Waals surface area contributed by atoms with E-state index in [-0.39, 0.29) is 0 Å². The van der Waals surface area contributed by atoms with Gasteiger partial charge in [0.1, 0.15) is 18.3 Å². The van der Waals surface area contributed by atoms with Crippen LogP contribution in [0.25, 0.3) is 0 Å². The molecule has 15 heavy (non-hydrogen) atoms. The highest BCUT2D eigenvalue weighted by molar-refractivity contribution is 5.35. The fourth-order valence-corrected chi connectivity index (χ4v) is 2.52. The molecule has 0 aromatic carbocycles. The Morgan fingerprint density at radius 1 is 1.33 bits per heavy atom. The quantitative estimate of drug-likeness (QED) is 0.353. The van der Waals surface area contributed by atoms with Gasteiger partial charge in [-0.1, -0.05) is 13.8 Å². The smallest absolute Gasteiger partial charge is 0.207 e. The van der Waals surface area contributed by atoms with Crippen LogP contribution in [0.5, 0.6) is 0 Å². The lowest BCUT2D eigenvalue weighted by Gasteiger charge is -2.27. The number of aliphatic hydroxyl groups excluding tert-OH is 3. The van der Waals surface area contributed by atoms with Gasteiger partial charge in [0.15, 0.2) is 5.60 Å². The number of hydrogen-bond donors (Lipinski definition) is 5. The van der Waals surface area contributed by atoms with Crippen LogP contribution in [0.15, 0.2) is 0 Å². The first-order valence-electron chi connectivity index (χ1n) is 4.83. The van der Waals surface area contributed by atoms with Gasteiger partial charge in [-0.2, -0.15) is 0 Å². The lowest BCUT2D eigenvalue weighted by molar-refractivity contribution is -0.198. The molecule has 2 rings (SSSR count). The average Bonchev–Trinajstić information content (AvgIpc) is 2.39. The summed E-state index contributed by atoms with van der Waals surface area (Å²) in [5.74, 6) is -1.85. The predicted octanol–water partition coefficient (Wildman–Crippen LogP) is -2.44. The molecule has 0 spiro atoms. The minimum absolute atomic E-state index is 0.603. The van der Waals surface area contributed by atoms with Crippen molar-refractivity contribution < 1.29 is 30.3 Å². The van der Waals surface area contributed by atoms with Gasteiger partial charge in [-0.25, -0.2) is 0 Å². The zero-order chi connectivity index (χ0) is 11.6. The summed E-state index contributed by atoms with van der Waals surface area (Å²) in [4.78, 5) is 0. The van der Waals surface area contributed by atoms with Crippen LogP contribution >= 0.6 is 0 Å². The Labute approximate surface area is 86.7 Å². The van der Waals surface area contributed by atoms with Gasteiger partial charge in [0, 0.05) is 0 Å². The third-order valence-electron chi connectivity index (χ3n) is 3.87. The average molecular weight is 220 g/mol. The van der Waals surface area contributed by atoms with Crippen LogP contribution in [-0.4, -0.2) is 61.8 Å². The van der Waals surface area contributed by atoms with E-state index in [1.807, 2.05) is 0 Å². The van der Waals surface area contributed by atoms with Crippen molar-refractivity contribution in [3.63, 3.8) is 0 Å². The van der Waals surface area contributed by atoms with Crippen molar-refractivity contribution in [3.8, 4) is 0 Å². The SMILES string of the molecule is CC1(C)C2(O)O[C@@H]([C@H](O)CO)[C@H](O)[C@]12O. The number of aliphatic hydroxyl groups is 5. The summed E-state index contributed by atoms with van der Waals surface area (Å²) in [7, 11) is 0. The Morgan fingerprint density at radius 2 is 1.87 bits per heavy atom. The second kappa shape index (κ2) is 2.71. The first-order valence-corrected chi connectivity index (χ1v) is 4.83. The lowest BCUT2D eigenvalue weighted by atomic mass is 9.95. The Kier molecular flexibility index (Phi) is 2.03. The van der Waals surface area contributed by atoms with Gasteiger partial charge in [0.2, 0.25) is 5.79 Å². The monoisotopic (exact) mass is 220 g/mol. The van der Waals surface area contributed by atoms with Crippen LogP contribution in [-0.2, 0) is 4.74 Å². The number of rotatable bonds is 2. The molecule has 1 heterocycles. The van der Waals surface area contributed by atoms with Crippen LogP contribution in [0.4, 0.5) is 0 Å². The molecule has 0 amide bonds. The second-order valence-electron chi connectivity index (χ2n) is 4.81. The normalized spacial score (nSPS) is 53.8. The number of ether oxygens (including phenoxy) is 1. The molecule has 0 aromatic heterocycles. The van der Waals surface area contributed by atoms with Gasteiger partial charge in [0.25, 0.3) is 0 Å². The van der Waals surface area contributed by atoms with Gasteiger partial charge in [-0.3, -0.25) is 0 Å². The summed E-state index contributed by atoms with van der Waals surface area (Å²) in [5.41, 5.74) is -2.76. The molecule has 5 atom stereocenters. The third-order valence-corrected chi connectivity index (χ3v) is 3.87. The molecule has 6 nitrogen and oxygen atoms in total. The minimum Gasteiger partial charge on any atom is -0.394 e. The van der Waals surface area contributed by atoms with Crippen LogP contribution in [0.3, 0.4) is 0 Å². The highest BCUT2D eigenvalue weighted by atomic mass is 16.7. The fraction of sp³-hybridized carbons (Fsp3) is 1.00. The molecular formula is C9H16O6. The maximum atomic E-state index is 10.0. The number of hydrogen-bond acceptors (Lipinski definition) is 6. The van der Waals surface area contributed by atoms with E-state index in [9.17, 15) is 20.4 Å². The summed E-state index contributed by atoms with van der Waals surface area (Å²) < 4.78 is 5.05. The Bertz CT molecular complexity index is 292. The molecule has 6 heteroatoms. The topological polar surface area (TPSA) is 110 Å². The van der Waals surface area contributed by atoms with Gasteiger partial charge in [0.05, 0.1) is 12.0 Å². The van der Waals surface area contributed by atoms with Crippen LogP contribution in [0, 0.1) is 5.41 Å². The largest absolute Gasteiger partial charge is 0.394 e. The first kappa shape index (κ1) is 11.3. The Hall–Kier alpha value is -0.240. The molecule has 1 saturated carbocycles. The van der Waals surface area contributed by atoms with Crippen LogP contribution in [0.2, 0.25) is 0 Å². The van der Waals surface area contributed by atoms with Crippen molar-refractivity contribution in [2.75, 3.05) is 6.61 Å². The predicted molar refractivity (Wildman–Crippen MR) is 47.7 cm³/mol. The van der Waals surface area contributed by atoms with Gasteiger partial charge < -0.3 is 30.3 Å². The van der Waals surface area contributed by atoms with Gasteiger partial charge in [-0.15, -0.1) is 0 Å². The molecular weight excluding hydrogens is 204 g/mol. The van der Waals surface area contributed by atoms with Crippen molar-refractivity contribution >= 4 is 0 Å². The van der Waals surface area contributed by atoms with Crippen molar-refractivity contribution in [1.29, 1.82) is 0 Å². The van der Waals surface area contributed by atoms with Crippen molar-refractivity contribution in [2.45, 2.75) is 43.5 Å². The molecule has 2 fully saturated rings. The van der Waals surface area contributed by atoms with E-state index in [1.54, 1.807) is 13.8 Å². The molecule has 1 aliphatic carbocycles. The molecule has 1 aliphatic heterocycles. The molecule has 2 aliphatic rings. The van der Waals surface area contributed by atoms with E-state index in [0.717, 1.165) is 0 Å². The zero-order valence-electron chi connectivity index (χ0n) is 8.58. The van der Waals surface area contributed by atoms with E-state index in [4.69, 9.17) is 9.84 Å². The van der Waals surface area contributed by atoms with E-state index >= 15 is 0 Å². The molecule has 1 saturated heterocycles. The highest BCUT2D eigenvalue weighted by Gasteiger charge is 2.92. The lowest BCUT2D eigenvalue weighted by Crippen LogP contribution is -2.46. The minimum atomic E-state index is -1.85. The molecule has 0 radical (unpaired) electrons. The molecule has 5 N–H and O–H groups in total. The van der Waals surface area contributed by atoms with Crippen LogP contribution < -0.4 is 0 Å². The van der Waals surface area contributed by atoms with E-state index in [2.05, 4.69) is 0 Å². The first-order chi connectivity index (χ1) is 6.74. The summed E-state index contributed by atoms with van der Waals surface area (Å²) >= 11 is 0. The summed E-state index contributed by atoms with van der Waals surface area (Å²) in [5, 5.41) is 47.7. The Morgan fingerprint density at radius 3 is 2.20 bits per heavy atom. The van der Waals surface area contributed by atoms with E-state index in [0.29, 0.717) is 0 Å². The molecule has 88 valence electrons. The van der Waals surface area contributed by atoms with Gasteiger partial charge >= 0.3 is 0 Å². The second-order valence-corrected chi connectivity index (χ2v) is 4.81. The highest BCUT2D eigenvalue weighted by Crippen LogP contribution is 2.71.